The summed E-state index contributed by atoms with van der Waals surface area (Å²) in [6, 6.07) is 11.0. The number of amides is 1. The first-order valence-electron chi connectivity index (χ1n) is 11.5. The Morgan fingerprint density at radius 2 is 2.03 bits per heavy atom. The molecule has 1 aliphatic rings. The topological polar surface area (TPSA) is 115 Å². The molecule has 1 aromatic carbocycles. The first kappa shape index (κ1) is 23.3. The summed E-state index contributed by atoms with van der Waals surface area (Å²) < 4.78 is 2.56. The Hall–Kier alpha value is -3.43. The Morgan fingerprint density at radius 1 is 1.20 bits per heavy atom. The first-order valence-corrected chi connectivity index (χ1v) is 12.7. The zero-order valence-corrected chi connectivity index (χ0v) is 20.5. The molecule has 1 atom stereocenters. The average molecular weight is 509 g/mol. The molecular formula is C25H25ClN6O2S. The quantitative estimate of drug-likeness (QED) is 0.310. The van der Waals surface area contributed by atoms with Crippen LogP contribution in [0.25, 0.3) is 10.1 Å². The van der Waals surface area contributed by atoms with Crippen molar-refractivity contribution in [2.75, 3.05) is 17.6 Å². The molecule has 4 N–H and O–H groups in total. The summed E-state index contributed by atoms with van der Waals surface area (Å²) in [6.07, 6.45) is 6.18. The van der Waals surface area contributed by atoms with Crippen LogP contribution >= 0.6 is 22.9 Å². The lowest BCUT2D eigenvalue weighted by Gasteiger charge is -2.15. The number of nitrogens with one attached hydrogen (secondary N) is 2. The van der Waals surface area contributed by atoms with Crippen LogP contribution in [0.15, 0.2) is 53.6 Å². The number of aryl methyl sites for hydroxylation is 2. The number of nitrogens with two attached hydrogens (primary N) is 1. The lowest BCUT2D eigenvalue weighted by molar-refractivity contribution is -0.124. The van der Waals surface area contributed by atoms with Crippen LogP contribution < -0.4 is 21.9 Å². The third kappa shape index (κ3) is 5.16. The Morgan fingerprint density at radius 3 is 2.86 bits per heavy atom. The fourth-order valence-electron chi connectivity index (χ4n) is 4.32. The van der Waals surface area contributed by atoms with Crippen molar-refractivity contribution >= 4 is 50.4 Å². The van der Waals surface area contributed by atoms with Gasteiger partial charge < -0.3 is 16.4 Å². The number of halogens is 1. The normalized spacial score (nSPS) is 14.7. The molecule has 35 heavy (non-hydrogen) atoms. The maximum Gasteiger partial charge on any atom is 0.277 e. The molecule has 1 amide bonds. The highest BCUT2D eigenvalue weighted by atomic mass is 35.5. The maximum absolute atomic E-state index is 13.1. The van der Waals surface area contributed by atoms with Gasteiger partial charge in [0.15, 0.2) is 0 Å². The van der Waals surface area contributed by atoms with E-state index in [4.69, 9.17) is 17.3 Å². The number of aromatic nitrogens is 3. The molecule has 5 rings (SSSR count). The highest BCUT2D eigenvalue weighted by Gasteiger charge is 2.31. The smallest absolute Gasteiger partial charge is 0.277 e. The second-order valence-corrected chi connectivity index (χ2v) is 10.2. The Kier molecular flexibility index (Phi) is 6.70. The number of nitrogens with zero attached hydrogens (tertiary/aromatic N) is 3. The van der Waals surface area contributed by atoms with Gasteiger partial charge in [-0.3, -0.25) is 14.2 Å². The first-order chi connectivity index (χ1) is 17.0. The monoisotopic (exact) mass is 508 g/mol. The van der Waals surface area contributed by atoms with Gasteiger partial charge in [-0.1, -0.05) is 23.7 Å². The van der Waals surface area contributed by atoms with Gasteiger partial charge in [-0.2, -0.15) is 0 Å². The molecule has 3 aromatic heterocycles. The van der Waals surface area contributed by atoms with Crippen molar-refractivity contribution in [3.05, 3.63) is 80.4 Å². The third-order valence-electron chi connectivity index (χ3n) is 6.11. The van der Waals surface area contributed by atoms with Crippen LogP contribution in [0.2, 0.25) is 5.02 Å². The molecule has 1 aliphatic heterocycles. The molecule has 10 heteroatoms. The zero-order chi connectivity index (χ0) is 24.4. The van der Waals surface area contributed by atoms with Gasteiger partial charge in [0, 0.05) is 39.1 Å². The standard InChI is InChI=1S/C25H25ClN6O2S/c26-17-5-3-15(4-6-17)2-1-9-28-19-14-30-23-8-7-20(32(23)25(19)34)24(33)31-13-18-10-16-12-29-22(27)11-21(16)35-18/h3-6,10-12,14,20,28H,1-2,7-9,13H2,(H2,27,29)(H,31,33). The number of nitrogen functional groups attached to an aromatic ring is 1. The maximum atomic E-state index is 13.1. The van der Waals surface area contributed by atoms with Gasteiger partial charge in [-0.25, -0.2) is 9.97 Å². The number of carbonyl (C=O) groups excluding carboxylic acids is 1. The van der Waals surface area contributed by atoms with Crippen LogP contribution in [-0.4, -0.2) is 27.0 Å². The van der Waals surface area contributed by atoms with Gasteiger partial charge in [-0.15, -0.1) is 11.3 Å². The van der Waals surface area contributed by atoms with E-state index in [-0.39, 0.29) is 11.5 Å². The highest BCUT2D eigenvalue weighted by molar-refractivity contribution is 7.19. The van der Waals surface area contributed by atoms with E-state index in [2.05, 4.69) is 20.6 Å². The van der Waals surface area contributed by atoms with Crippen molar-refractivity contribution in [1.82, 2.24) is 19.9 Å². The fraction of sp³-hybridized carbons (Fsp3) is 0.280. The van der Waals surface area contributed by atoms with Gasteiger partial charge >= 0.3 is 0 Å². The van der Waals surface area contributed by atoms with Crippen LogP contribution in [0.3, 0.4) is 0 Å². The van der Waals surface area contributed by atoms with E-state index in [1.807, 2.05) is 36.4 Å². The van der Waals surface area contributed by atoms with Crippen LogP contribution in [0.1, 0.15) is 35.1 Å². The summed E-state index contributed by atoms with van der Waals surface area (Å²) in [5.74, 6) is 0.937. The van der Waals surface area contributed by atoms with E-state index < -0.39 is 6.04 Å². The fourth-order valence-corrected chi connectivity index (χ4v) is 5.47. The molecule has 1 unspecified atom stereocenters. The molecule has 4 heterocycles. The summed E-state index contributed by atoms with van der Waals surface area (Å²) in [6.45, 7) is 1.01. The van der Waals surface area contributed by atoms with E-state index in [0.29, 0.717) is 48.3 Å². The summed E-state index contributed by atoms with van der Waals surface area (Å²) in [5, 5.41) is 7.88. The molecule has 180 valence electrons. The Balaban J connectivity index is 1.21. The molecule has 0 spiro atoms. The van der Waals surface area contributed by atoms with Crippen LogP contribution in [0.4, 0.5) is 11.5 Å². The largest absolute Gasteiger partial charge is 0.384 e. The number of pyridine rings is 1. The van der Waals surface area contributed by atoms with Crippen molar-refractivity contribution < 1.29 is 4.79 Å². The van der Waals surface area contributed by atoms with Crippen molar-refractivity contribution in [3.8, 4) is 0 Å². The van der Waals surface area contributed by atoms with Gasteiger partial charge in [0.25, 0.3) is 5.56 Å². The Bertz CT molecular complexity index is 1430. The van der Waals surface area contributed by atoms with Crippen molar-refractivity contribution in [2.45, 2.75) is 38.3 Å². The minimum absolute atomic E-state index is 0.178. The van der Waals surface area contributed by atoms with Gasteiger partial charge in [0.1, 0.15) is 23.4 Å². The molecule has 0 bridgehead atoms. The zero-order valence-electron chi connectivity index (χ0n) is 19.0. The molecule has 0 aliphatic carbocycles. The van der Waals surface area contributed by atoms with Gasteiger partial charge in [0.05, 0.1) is 12.7 Å². The van der Waals surface area contributed by atoms with Crippen molar-refractivity contribution in [1.29, 1.82) is 0 Å². The predicted octanol–water partition coefficient (Wildman–Crippen LogP) is 3.94. The predicted molar refractivity (Wildman–Crippen MR) is 140 cm³/mol. The lowest BCUT2D eigenvalue weighted by atomic mass is 10.1. The summed E-state index contributed by atoms with van der Waals surface area (Å²) >= 11 is 7.50. The Labute approximate surface area is 211 Å². The van der Waals surface area contributed by atoms with E-state index >= 15 is 0 Å². The number of benzene rings is 1. The summed E-state index contributed by atoms with van der Waals surface area (Å²) in [5.41, 5.74) is 7.16. The number of rotatable bonds is 8. The molecule has 8 nitrogen and oxygen atoms in total. The third-order valence-corrected chi connectivity index (χ3v) is 7.46. The molecule has 0 radical (unpaired) electrons. The average Bonchev–Trinajstić information content (AvgIpc) is 3.47. The van der Waals surface area contributed by atoms with Crippen molar-refractivity contribution in [3.63, 3.8) is 0 Å². The summed E-state index contributed by atoms with van der Waals surface area (Å²) in [7, 11) is 0. The van der Waals surface area contributed by atoms with E-state index in [1.54, 1.807) is 23.7 Å². The molecule has 0 fully saturated rings. The minimum atomic E-state index is -0.562. The second kappa shape index (κ2) is 10.1. The van der Waals surface area contributed by atoms with Crippen LogP contribution in [0, 0.1) is 0 Å². The van der Waals surface area contributed by atoms with Gasteiger partial charge in [-0.05, 0) is 49.1 Å². The number of anilines is 2. The molecule has 4 aromatic rings. The van der Waals surface area contributed by atoms with E-state index in [0.717, 1.165) is 27.8 Å². The van der Waals surface area contributed by atoms with Crippen LogP contribution in [0.5, 0.6) is 0 Å². The summed E-state index contributed by atoms with van der Waals surface area (Å²) in [4.78, 5) is 35.7. The molecular weight excluding hydrogens is 484 g/mol. The van der Waals surface area contributed by atoms with Crippen molar-refractivity contribution in [2.24, 2.45) is 0 Å². The van der Waals surface area contributed by atoms with E-state index in [1.165, 1.54) is 10.1 Å². The van der Waals surface area contributed by atoms with E-state index in [9.17, 15) is 9.59 Å². The number of hydrogen-bond donors (Lipinski definition) is 3. The SMILES string of the molecule is Nc1cc2sc(CNC(=O)C3CCc4ncc(NCCCc5ccc(Cl)cc5)c(=O)n43)cc2cn1. The number of thiophene rings is 1. The van der Waals surface area contributed by atoms with Gasteiger partial charge in [0.2, 0.25) is 5.91 Å². The number of fused-ring (bicyclic) bond motifs is 2. The highest BCUT2D eigenvalue weighted by Crippen LogP contribution is 2.27. The molecule has 0 saturated heterocycles. The second-order valence-electron chi connectivity index (χ2n) is 8.55. The number of carbonyl (C=O) groups is 1. The van der Waals surface area contributed by atoms with Crippen LogP contribution in [-0.2, 0) is 24.2 Å². The lowest BCUT2D eigenvalue weighted by Crippen LogP contribution is -2.36. The number of hydrogen-bond acceptors (Lipinski definition) is 7. The minimum Gasteiger partial charge on any atom is -0.384 e. The molecule has 0 saturated carbocycles.